The molecule has 0 aliphatic rings. The van der Waals surface area contributed by atoms with Gasteiger partial charge >= 0.3 is 17.4 Å². The van der Waals surface area contributed by atoms with Gasteiger partial charge in [0.25, 0.3) is 0 Å². The van der Waals surface area contributed by atoms with E-state index in [2.05, 4.69) is 69.4 Å². The van der Waals surface area contributed by atoms with Crippen LogP contribution in [0.4, 0.5) is 0 Å². The topological polar surface area (TPSA) is 12.0 Å². The Morgan fingerprint density at radius 1 is 0.591 bits per heavy atom. The number of benzene rings is 2. The second-order valence-corrected chi connectivity index (χ2v) is 6.24. The summed E-state index contributed by atoms with van der Waals surface area (Å²) in [5, 5.41) is 3.56. The zero-order valence-corrected chi connectivity index (χ0v) is 15.5. The van der Waals surface area contributed by atoms with E-state index in [0.717, 1.165) is 25.9 Å². The van der Waals surface area contributed by atoms with Crippen LogP contribution >= 0.6 is 0 Å². The molecule has 1 radical (unpaired) electrons. The smallest absolute Gasteiger partial charge is 0.316 e. The predicted molar refractivity (Wildman–Crippen MR) is 92.1 cm³/mol. The summed E-state index contributed by atoms with van der Waals surface area (Å²) in [5.74, 6) is 0. The summed E-state index contributed by atoms with van der Waals surface area (Å²) in [5.41, 5.74) is 8.32. The first-order valence-electron chi connectivity index (χ1n) is 7.88. The first-order valence-corrected chi connectivity index (χ1v) is 7.88. The number of nitrogens with one attached hydrogen (secondary N) is 1. The summed E-state index contributed by atoms with van der Waals surface area (Å²) >= 11 is 0. The molecule has 1 N–H and O–H groups in total. The quantitative estimate of drug-likeness (QED) is 0.778. The number of hydrogen-bond donors (Lipinski definition) is 1. The molecule has 0 aliphatic carbocycles. The van der Waals surface area contributed by atoms with Crippen molar-refractivity contribution < 1.29 is 17.4 Å². The number of hydrogen-bond acceptors (Lipinski definition) is 1. The molecule has 0 atom stereocenters. The second kappa shape index (κ2) is 9.16. The molecule has 0 saturated carbocycles. The van der Waals surface area contributed by atoms with Crippen LogP contribution in [0.25, 0.3) is 0 Å². The zero-order valence-electron chi connectivity index (χ0n) is 14.2. The Hall–Kier alpha value is -1.07. The van der Waals surface area contributed by atoms with Crippen LogP contribution in [0.5, 0.6) is 0 Å². The van der Waals surface area contributed by atoms with E-state index in [0.29, 0.717) is 0 Å². The second-order valence-electron chi connectivity index (χ2n) is 6.24. The molecule has 0 spiro atoms. The fourth-order valence-electron chi connectivity index (χ4n) is 3.02. The van der Waals surface area contributed by atoms with Crippen molar-refractivity contribution in [3.05, 3.63) is 69.8 Å². The van der Waals surface area contributed by atoms with E-state index in [9.17, 15) is 0 Å². The van der Waals surface area contributed by atoms with Gasteiger partial charge in [-0.1, -0.05) is 58.7 Å². The molecule has 22 heavy (non-hydrogen) atoms. The van der Waals surface area contributed by atoms with Crippen molar-refractivity contribution in [3.8, 4) is 0 Å². The van der Waals surface area contributed by atoms with Crippen LogP contribution in [-0.4, -0.2) is 13.1 Å². The summed E-state index contributed by atoms with van der Waals surface area (Å²) in [7, 11) is 0. The Morgan fingerprint density at radius 3 is 1.23 bits per heavy atom. The summed E-state index contributed by atoms with van der Waals surface area (Å²) in [6.45, 7) is 10.8. The largest absolute Gasteiger partial charge is 3.00 e. The molecule has 0 fully saturated rings. The van der Waals surface area contributed by atoms with Crippen LogP contribution in [0.1, 0.15) is 33.4 Å². The fraction of sp³-hybridized carbons (Fsp3) is 0.400. The van der Waals surface area contributed by atoms with Crippen LogP contribution in [0.2, 0.25) is 0 Å². The van der Waals surface area contributed by atoms with Gasteiger partial charge in [-0.25, -0.2) is 0 Å². The van der Waals surface area contributed by atoms with E-state index in [1.165, 1.54) is 33.4 Å². The van der Waals surface area contributed by atoms with Crippen LogP contribution in [0, 0.1) is 27.7 Å². The average molecular weight is 333 g/mol. The molecule has 0 heterocycles. The van der Waals surface area contributed by atoms with Crippen LogP contribution in [0.3, 0.4) is 0 Å². The van der Waals surface area contributed by atoms with E-state index in [1.54, 1.807) is 0 Å². The van der Waals surface area contributed by atoms with Gasteiger partial charge in [0.1, 0.15) is 0 Å². The van der Waals surface area contributed by atoms with Gasteiger partial charge in [0.2, 0.25) is 0 Å². The Morgan fingerprint density at radius 2 is 0.909 bits per heavy atom. The third-order valence-electron chi connectivity index (χ3n) is 3.74. The molecule has 2 aromatic carbocycles. The molecule has 1 nitrogen and oxygen atoms in total. The third-order valence-corrected chi connectivity index (χ3v) is 3.74. The van der Waals surface area contributed by atoms with E-state index in [1.807, 2.05) is 0 Å². The first-order chi connectivity index (χ1) is 10.0. The van der Waals surface area contributed by atoms with E-state index >= 15 is 0 Å². The van der Waals surface area contributed by atoms with Crippen LogP contribution in [0.15, 0.2) is 36.4 Å². The van der Waals surface area contributed by atoms with Gasteiger partial charge in [-0.2, -0.15) is 0 Å². The van der Waals surface area contributed by atoms with Gasteiger partial charge in [0.15, 0.2) is 0 Å². The van der Waals surface area contributed by atoms with Crippen molar-refractivity contribution in [1.29, 1.82) is 0 Å². The molecule has 0 aliphatic heterocycles. The maximum absolute atomic E-state index is 3.56. The van der Waals surface area contributed by atoms with E-state index in [-0.39, 0.29) is 17.4 Å². The normalized spacial score (nSPS) is 10.4. The third kappa shape index (κ3) is 6.36. The van der Waals surface area contributed by atoms with Crippen LogP contribution in [-0.2, 0) is 30.2 Å². The summed E-state index contributed by atoms with van der Waals surface area (Å²) < 4.78 is 0. The van der Waals surface area contributed by atoms with Crippen molar-refractivity contribution in [2.45, 2.75) is 40.5 Å². The first kappa shape index (κ1) is 19.0. The van der Waals surface area contributed by atoms with Gasteiger partial charge < -0.3 is 5.32 Å². The molecular weight excluding hydrogens is 306 g/mol. The fourth-order valence-corrected chi connectivity index (χ4v) is 3.02. The van der Waals surface area contributed by atoms with Crippen molar-refractivity contribution in [1.82, 2.24) is 5.32 Å². The molecule has 0 bridgehead atoms. The minimum absolute atomic E-state index is 0. The molecule has 0 unspecified atom stereocenters. The molecular formula is C20H27CrN+3. The Kier molecular flexibility index (Phi) is 7.90. The van der Waals surface area contributed by atoms with Crippen molar-refractivity contribution in [2.75, 3.05) is 13.1 Å². The van der Waals surface area contributed by atoms with E-state index in [4.69, 9.17) is 0 Å². The molecule has 2 rings (SSSR count). The Bertz CT molecular complexity index is 511. The molecule has 0 aromatic heterocycles. The maximum atomic E-state index is 3.56. The minimum atomic E-state index is 0. The monoisotopic (exact) mass is 333 g/mol. The average Bonchev–Trinajstić information content (AvgIpc) is 2.36. The zero-order chi connectivity index (χ0) is 15.2. The van der Waals surface area contributed by atoms with Crippen molar-refractivity contribution in [2.24, 2.45) is 0 Å². The Balaban J connectivity index is 0.00000242. The number of rotatable bonds is 6. The summed E-state index contributed by atoms with van der Waals surface area (Å²) in [6, 6.07) is 13.6. The molecule has 0 saturated heterocycles. The van der Waals surface area contributed by atoms with Gasteiger partial charge in [0, 0.05) is 0 Å². The molecule has 2 heteroatoms. The van der Waals surface area contributed by atoms with Crippen LogP contribution < -0.4 is 5.32 Å². The standard InChI is InChI=1S/C20H27N.Cr/c1-15-9-16(2)12-19(11-15)5-7-21-8-6-20-13-17(3)10-18(4)14-20;/h9-14,21H,5-8H2,1-4H3;/q;+3. The summed E-state index contributed by atoms with van der Waals surface area (Å²) in [4.78, 5) is 0. The SMILES string of the molecule is Cc1cc(C)cc(CCNCCc2cc(C)cc(C)c2)c1.[Cr+3]. The van der Waals surface area contributed by atoms with Gasteiger partial charge in [-0.05, 0) is 64.8 Å². The van der Waals surface area contributed by atoms with E-state index < -0.39 is 0 Å². The molecule has 2 aromatic rings. The van der Waals surface area contributed by atoms with Gasteiger partial charge in [-0.3, -0.25) is 0 Å². The molecule has 115 valence electrons. The number of aryl methyl sites for hydroxylation is 4. The van der Waals surface area contributed by atoms with Gasteiger partial charge in [0.05, 0.1) is 0 Å². The predicted octanol–water partition coefficient (Wildman–Crippen LogP) is 4.29. The van der Waals surface area contributed by atoms with Crippen molar-refractivity contribution >= 4 is 0 Å². The maximum Gasteiger partial charge on any atom is 3.00 e. The summed E-state index contributed by atoms with van der Waals surface area (Å²) in [6.07, 6.45) is 2.21. The van der Waals surface area contributed by atoms with Crippen molar-refractivity contribution in [3.63, 3.8) is 0 Å². The van der Waals surface area contributed by atoms with Gasteiger partial charge in [-0.15, -0.1) is 0 Å². The Labute approximate surface area is 146 Å². The molecule has 0 amide bonds. The minimum Gasteiger partial charge on any atom is -0.316 e.